The second kappa shape index (κ2) is 7.07. The molecule has 5 nitrogen and oxygen atoms in total. The Bertz CT molecular complexity index is 358. The van der Waals surface area contributed by atoms with E-state index in [4.69, 9.17) is 4.74 Å². The average molecular weight is 283 g/mol. The van der Waals surface area contributed by atoms with E-state index in [-0.39, 0.29) is 18.6 Å². The number of carbonyl (C=O) groups excluding carboxylic acids is 1. The molecule has 0 spiro atoms. The van der Waals surface area contributed by atoms with Gasteiger partial charge in [-0.3, -0.25) is 4.79 Å². The van der Waals surface area contributed by atoms with Crippen LogP contribution in [-0.4, -0.2) is 47.2 Å². The van der Waals surface area contributed by atoms with E-state index in [1.165, 1.54) is 0 Å². The number of hydrogen-bond acceptors (Lipinski definition) is 3. The number of carboxylic acids is 1. The summed E-state index contributed by atoms with van der Waals surface area (Å²) in [5.41, 5.74) is 0. The summed E-state index contributed by atoms with van der Waals surface area (Å²) in [7, 11) is 0. The van der Waals surface area contributed by atoms with Gasteiger partial charge in [0.15, 0.2) is 0 Å². The second-order valence-electron chi connectivity index (χ2n) is 5.91. The Morgan fingerprint density at radius 1 is 1.30 bits per heavy atom. The number of hydrogen-bond donors (Lipinski definition) is 1. The van der Waals surface area contributed by atoms with Crippen LogP contribution in [0.15, 0.2) is 0 Å². The molecule has 3 unspecified atom stereocenters. The van der Waals surface area contributed by atoms with E-state index in [2.05, 4.69) is 6.92 Å². The highest BCUT2D eigenvalue weighted by atomic mass is 16.5. The molecule has 1 saturated heterocycles. The molecule has 2 fully saturated rings. The number of fused-ring (bicyclic) bond motifs is 1. The Morgan fingerprint density at radius 2 is 2.05 bits per heavy atom. The quantitative estimate of drug-likeness (QED) is 0.758. The highest BCUT2D eigenvalue weighted by molar-refractivity contribution is 5.85. The van der Waals surface area contributed by atoms with Crippen LogP contribution in [0.3, 0.4) is 0 Å². The molecule has 0 radical (unpaired) electrons. The molecule has 1 amide bonds. The lowest BCUT2D eigenvalue weighted by atomic mass is 9.85. The molecule has 1 saturated carbocycles. The van der Waals surface area contributed by atoms with Gasteiger partial charge in [0.1, 0.15) is 12.6 Å². The number of aliphatic carboxylic acids is 1. The van der Waals surface area contributed by atoms with Crippen molar-refractivity contribution in [2.24, 2.45) is 5.92 Å². The number of ether oxygens (including phenoxy) is 1. The summed E-state index contributed by atoms with van der Waals surface area (Å²) >= 11 is 0. The van der Waals surface area contributed by atoms with Crippen molar-refractivity contribution in [3.63, 3.8) is 0 Å². The highest BCUT2D eigenvalue weighted by Crippen LogP contribution is 2.39. The minimum absolute atomic E-state index is 0.0208. The molecule has 2 rings (SSSR count). The molecule has 0 aromatic carbocycles. The molecule has 114 valence electrons. The number of likely N-dealkylation sites (tertiary alicyclic amines) is 1. The Hall–Kier alpha value is -1.10. The van der Waals surface area contributed by atoms with Gasteiger partial charge >= 0.3 is 5.97 Å². The zero-order valence-corrected chi connectivity index (χ0v) is 12.2. The molecule has 20 heavy (non-hydrogen) atoms. The molecule has 1 N–H and O–H groups in total. The van der Waals surface area contributed by atoms with Crippen molar-refractivity contribution in [1.29, 1.82) is 0 Å². The largest absolute Gasteiger partial charge is 0.480 e. The third-order valence-electron chi connectivity index (χ3n) is 4.53. The van der Waals surface area contributed by atoms with Gasteiger partial charge < -0.3 is 14.7 Å². The lowest BCUT2D eigenvalue weighted by Crippen LogP contribution is -2.47. The predicted octanol–water partition coefficient (Wildman–Crippen LogP) is 2.05. The second-order valence-corrected chi connectivity index (χ2v) is 5.91. The first-order valence-corrected chi connectivity index (χ1v) is 7.76. The first-order chi connectivity index (χ1) is 9.65. The Kier molecular flexibility index (Phi) is 5.40. The summed E-state index contributed by atoms with van der Waals surface area (Å²) < 4.78 is 5.37. The first kappa shape index (κ1) is 15.3. The van der Waals surface area contributed by atoms with E-state index in [0.717, 1.165) is 38.5 Å². The smallest absolute Gasteiger partial charge is 0.326 e. The maximum absolute atomic E-state index is 12.3. The van der Waals surface area contributed by atoms with Gasteiger partial charge in [-0.15, -0.1) is 0 Å². The Morgan fingerprint density at radius 3 is 2.75 bits per heavy atom. The van der Waals surface area contributed by atoms with Crippen LogP contribution in [0.4, 0.5) is 0 Å². The summed E-state index contributed by atoms with van der Waals surface area (Å²) in [6, 6.07) is -0.530. The third-order valence-corrected chi connectivity index (χ3v) is 4.53. The van der Waals surface area contributed by atoms with Crippen LogP contribution in [0, 0.1) is 5.92 Å². The molecule has 0 aromatic heterocycles. The summed E-state index contributed by atoms with van der Waals surface area (Å²) in [6.45, 7) is 2.66. The molecule has 1 aliphatic heterocycles. The van der Waals surface area contributed by atoms with Crippen LogP contribution in [-0.2, 0) is 14.3 Å². The fraction of sp³-hybridized carbons (Fsp3) is 0.867. The zero-order chi connectivity index (χ0) is 14.5. The predicted molar refractivity (Wildman–Crippen MR) is 74.4 cm³/mol. The Balaban J connectivity index is 1.97. The minimum Gasteiger partial charge on any atom is -0.480 e. The van der Waals surface area contributed by atoms with Crippen molar-refractivity contribution in [1.82, 2.24) is 4.90 Å². The van der Waals surface area contributed by atoms with Gasteiger partial charge in [-0.1, -0.05) is 26.2 Å². The summed E-state index contributed by atoms with van der Waals surface area (Å²) in [5.74, 6) is -0.659. The molecule has 2 aliphatic rings. The molecule has 1 aliphatic carbocycles. The van der Waals surface area contributed by atoms with Crippen molar-refractivity contribution in [2.75, 3.05) is 13.2 Å². The van der Waals surface area contributed by atoms with Crippen molar-refractivity contribution < 1.29 is 19.4 Å². The van der Waals surface area contributed by atoms with E-state index in [1.807, 2.05) is 0 Å². The minimum atomic E-state index is -0.874. The number of nitrogens with zero attached hydrogens (tertiary/aromatic N) is 1. The summed E-state index contributed by atoms with van der Waals surface area (Å²) in [5, 5.41) is 9.35. The van der Waals surface area contributed by atoms with Crippen molar-refractivity contribution >= 4 is 11.9 Å². The van der Waals surface area contributed by atoms with E-state index in [9.17, 15) is 14.7 Å². The number of rotatable bonds is 6. The van der Waals surface area contributed by atoms with Crippen LogP contribution >= 0.6 is 0 Å². The van der Waals surface area contributed by atoms with Crippen LogP contribution in [0.5, 0.6) is 0 Å². The average Bonchev–Trinajstić information content (AvgIpc) is 2.83. The van der Waals surface area contributed by atoms with E-state index < -0.39 is 12.0 Å². The van der Waals surface area contributed by atoms with Crippen molar-refractivity contribution in [2.45, 2.75) is 64.0 Å². The highest BCUT2D eigenvalue weighted by Gasteiger charge is 2.47. The van der Waals surface area contributed by atoms with Gasteiger partial charge in [0.25, 0.3) is 0 Å². The molecule has 1 heterocycles. The maximum Gasteiger partial charge on any atom is 0.326 e. The molecular formula is C15H25NO4. The lowest BCUT2D eigenvalue weighted by molar-refractivity contribution is -0.152. The van der Waals surface area contributed by atoms with Gasteiger partial charge in [-0.25, -0.2) is 4.79 Å². The monoisotopic (exact) mass is 283 g/mol. The Labute approximate surface area is 120 Å². The van der Waals surface area contributed by atoms with Gasteiger partial charge in [-0.05, 0) is 31.6 Å². The topological polar surface area (TPSA) is 66.8 Å². The van der Waals surface area contributed by atoms with Crippen LogP contribution < -0.4 is 0 Å². The normalized spacial score (nSPS) is 29.2. The third kappa shape index (κ3) is 3.32. The van der Waals surface area contributed by atoms with Gasteiger partial charge in [0.2, 0.25) is 5.91 Å². The summed E-state index contributed by atoms with van der Waals surface area (Å²) in [6.07, 6.45) is 6.81. The van der Waals surface area contributed by atoms with E-state index in [1.54, 1.807) is 4.90 Å². The molecule has 3 atom stereocenters. The molecule has 5 heteroatoms. The van der Waals surface area contributed by atoms with Crippen LogP contribution in [0.25, 0.3) is 0 Å². The summed E-state index contributed by atoms with van der Waals surface area (Å²) in [4.78, 5) is 25.3. The van der Waals surface area contributed by atoms with Crippen LogP contribution in [0.1, 0.15) is 51.9 Å². The van der Waals surface area contributed by atoms with Gasteiger partial charge in [-0.2, -0.15) is 0 Å². The van der Waals surface area contributed by atoms with Gasteiger partial charge in [0.05, 0.1) is 0 Å². The zero-order valence-electron chi connectivity index (χ0n) is 12.2. The molecule has 0 aromatic rings. The first-order valence-electron chi connectivity index (χ1n) is 7.76. The van der Waals surface area contributed by atoms with Crippen molar-refractivity contribution in [3.8, 4) is 0 Å². The molecule has 0 bridgehead atoms. The molecular weight excluding hydrogens is 258 g/mol. The van der Waals surface area contributed by atoms with E-state index in [0.29, 0.717) is 18.9 Å². The standard InChI is InChI=1S/C15H25NO4/c1-2-3-8-20-10-14(17)16-12-7-5-4-6-11(12)9-13(16)15(18)19/h11-13H,2-10H2,1H3,(H,18,19). The number of carbonyl (C=O) groups is 2. The van der Waals surface area contributed by atoms with Crippen molar-refractivity contribution in [3.05, 3.63) is 0 Å². The van der Waals surface area contributed by atoms with Crippen LogP contribution in [0.2, 0.25) is 0 Å². The SMILES string of the molecule is CCCCOCC(=O)N1C(C(=O)O)CC2CCCCC21. The maximum atomic E-state index is 12.3. The number of carboxylic acid groups (broad SMARTS) is 1. The lowest BCUT2D eigenvalue weighted by Gasteiger charge is -2.32. The number of amides is 1. The van der Waals surface area contributed by atoms with E-state index >= 15 is 0 Å². The fourth-order valence-corrected chi connectivity index (χ4v) is 3.52. The van der Waals surface area contributed by atoms with Gasteiger partial charge in [0, 0.05) is 12.6 Å². The number of unbranched alkanes of at least 4 members (excludes halogenated alkanes) is 1. The fourth-order valence-electron chi connectivity index (χ4n) is 3.52.